The molecule has 1 aliphatic rings. The zero-order valence-corrected chi connectivity index (χ0v) is 12.1. The Balaban J connectivity index is 1.69. The summed E-state index contributed by atoms with van der Waals surface area (Å²) in [5, 5.41) is 0. The van der Waals surface area contributed by atoms with E-state index in [2.05, 4.69) is 16.8 Å². The van der Waals surface area contributed by atoms with Crippen molar-refractivity contribution in [3.05, 3.63) is 42.2 Å². The Hall–Kier alpha value is -1.72. The highest BCUT2D eigenvalue weighted by atomic mass is 19.1. The first-order valence-corrected chi connectivity index (χ1v) is 7.28. The van der Waals surface area contributed by atoms with E-state index in [-0.39, 0.29) is 11.9 Å². The molecule has 0 aliphatic carbocycles. The highest BCUT2D eigenvalue weighted by molar-refractivity contribution is 5.55. The predicted octanol–water partition coefficient (Wildman–Crippen LogP) is 2.65. The molecule has 1 aliphatic heterocycles. The molecule has 21 heavy (non-hydrogen) atoms. The molecule has 1 saturated heterocycles. The second kappa shape index (κ2) is 5.95. The van der Waals surface area contributed by atoms with E-state index >= 15 is 0 Å². The minimum Gasteiger partial charge on any atom is -0.439 e. The predicted molar refractivity (Wildman–Crippen MR) is 78.9 cm³/mol. The number of nitrogens with two attached hydrogens (primary N) is 1. The Labute approximate surface area is 123 Å². The van der Waals surface area contributed by atoms with E-state index in [1.807, 2.05) is 0 Å². The van der Waals surface area contributed by atoms with Gasteiger partial charge in [-0.15, -0.1) is 0 Å². The smallest absolute Gasteiger partial charge is 0.209 e. The van der Waals surface area contributed by atoms with Gasteiger partial charge in [0, 0.05) is 24.7 Å². The van der Waals surface area contributed by atoms with E-state index in [9.17, 15) is 4.39 Å². The summed E-state index contributed by atoms with van der Waals surface area (Å²) in [7, 11) is 0. The van der Waals surface area contributed by atoms with Crippen LogP contribution in [0, 0.1) is 11.7 Å². The highest BCUT2D eigenvalue weighted by Crippen LogP contribution is 2.22. The van der Waals surface area contributed by atoms with E-state index < -0.39 is 0 Å². The van der Waals surface area contributed by atoms with Crippen molar-refractivity contribution < 1.29 is 8.81 Å². The number of oxazole rings is 1. The molecule has 2 atom stereocenters. The van der Waals surface area contributed by atoms with Crippen LogP contribution in [0.4, 0.5) is 4.39 Å². The molecular weight excluding hydrogens is 269 g/mol. The Morgan fingerprint density at radius 2 is 2.10 bits per heavy atom. The molecule has 3 rings (SSSR count). The third kappa shape index (κ3) is 3.49. The van der Waals surface area contributed by atoms with Gasteiger partial charge in [0.25, 0.3) is 0 Å². The number of rotatable bonds is 3. The van der Waals surface area contributed by atoms with Crippen LogP contribution in [0.3, 0.4) is 0 Å². The topological polar surface area (TPSA) is 55.3 Å². The van der Waals surface area contributed by atoms with Crippen molar-refractivity contribution in [3.63, 3.8) is 0 Å². The van der Waals surface area contributed by atoms with Crippen LogP contribution in [0.15, 0.2) is 34.9 Å². The summed E-state index contributed by atoms with van der Waals surface area (Å²) in [6.07, 6.45) is 2.76. The van der Waals surface area contributed by atoms with E-state index in [1.165, 1.54) is 12.1 Å². The molecule has 0 spiro atoms. The molecular formula is C16H20FN3O. The van der Waals surface area contributed by atoms with Gasteiger partial charge in [0.1, 0.15) is 5.82 Å². The average Bonchev–Trinajstić information content (AvgIpc) is 2.87. The Bertz CT molecular complexity index is 586. The third-order valence-corrected chi connectivity index (χ3v) is 3.81. The van der Waals surface area contributed by atoms with E-state index in [4.69, 9.17) is 10.2 Å². The summed E-state index contributed by atoms with van der Waals surface area (Å²) in [4.78, 5) is 6.59. The Morgan fingerprint density at radius 1 is 1.33 bits per heavy atom. The molecule has 2 unspecified atom stereocenters. The van der Waals surface area contributed by atoms with Gasteiger partial charge in [0.05, 0.1) is 12.7 Å². The van der Waals surface area contributed by atoms with Gasteiger partial charge in [0.2, 0.25) is 5.89 Å². The summed E-state index contributed by atoms with van der Waals surface area (Å²) in [6, 6.07) is 6.45. The number of hydrogen-bond acceptors (Lipinski definition) is 4. The van der Waals surface area contributed by atoms with Crippen LogP contribution in [-0.2, 0) is 6.54 Å². The van der Waals surface area contributed by atoms with Crippen molar-refractivity contribution >= 4 is 0 Å². The second-order valence-electron chi connectivity index (χ2n) is 5.92. The highest BCUT2D eigenvalue weighted by Gasteiger charge is 2.23. The molecule has 0 radical (unpaired) electrons. The number of aromatic nitrogens is 1. The van der Waals surface area contributed by atoms with Gasteiger partial charge in [-0.1, -0.05) is 6.92 Å². The monoisotopic (exact) mass is 289 g/mol. The van der Waals surface area contributed by atoms with Crippen molar-refractivity contribution in [3.8, 4) is 11.3 Å². The molecule has 5 heteroatoms. The molecule has 0 bridgehead atoms. The van der Waals surface area contributed by atoms with Crippen LogP contribution in [0.1, 0.15) is 19.2 Å². The van der Waals surface area contributed by atoms with Crippen LogP contribution in [-0.4, -0.2) is 29.0 Å². The summed E-state index contributed by atoms with van der Waals surface area (Å²) >= 11 is 0. The second-order valence-corrected chi connectivity index (χ2v) is 5.92. The van der Waals surface area contributed by atoms with Gasteiger partial charge >= 0.3 is 0 Å². The van der Waals surface area contributed by atoms with Crippen molar-refractivity contribution in [2.75, 3.05) is 13.1 Å². The van der Waals surface area contributed by atoms with Crippen molar-refractivity contribution in [2.24, 2.45) is 11.7 Å². The van der Waals surface area contributed by atoms with Gasteiger partial charge in [-0.25, -0.2) is 9.37 Å². The lowest BCUT2D eigenvalue weighted by molar-refractivity contribution is 0.146. The minimum atomic E-state index is -0.255. The molecule has 2 aromatic rings. The fourth-order valence-electron chi connectivity index (χ4n) is 2.96. The van der Waals surface area contributed by atoms with Crippen LogP contribution in [0.2, 0.25) is 0 Å². The fraction of sp³-hybridized carbons (Fsp3) is 0.438. The molecule has 2 N–H and O–H groups in total. The maximum Gasteiger partial charge on any atom is 0.209 e. The van der Waals surface area contributed by atoms with E-state index in [1.54, 1.807) is 18.3 Å². The standard InChI is InChI=1S/C16H20FN3O/c1-11-6-14(18)9-20(8-11)10-16-19-7-15(21-16)12-2-4-13(17)5-3-12/h2-5,7,11,14H,6,8-10,18H2,1H3. The van der Waals surface area contributed by atoms with E-state index in [0.29, 0.717) is 24.1 Å². The first kappa shape index (κ1) is 14.2. The minimum absolute atomic E-state index is 0.222. The van der Waals surface area contributed by atoms with Crippen LogP contribution in [0.5, 0.6) is 0 Å². The zero-order chi connectivity index (χ0) is 14.8. The number of halogens is 1. The molecule has 112 valence electrons. The molecule has 1 aromatic carbocycles. The maximum atomic E-state index is 12.9. The first-order chi connectivity index (χ1) is 10.1. The Kier molecular flexibility index (Phi) is 4.03. The molecule has 4 nitrogen and oxygen atoms in total. The molecule has 2 heterocycles. The lowest BCUT2D eigenvalue weighted by Crippen LogP contribution is -2.45. The number of hydrogen-bond donors (Lipinski definition) is 1. The molecule has 0 saturated carbocycles. The van der Waals surface area contributed by atoms with Crippen molar-refractivity contribution in [1.29, 1.82) is 0 Å². The largest absolute Gasteiger partial charge is 0.439 e. The first-order valence-electron chi connectivity index (χ1n) is 7.28. The lowest BCUT2D eigenvalue weighted by atomic mass is 9.97. The number of likely N-dealkylation sites (tertiary alicyclic amines) is 1. The fourth-order valence-corrected chi connectivity index (χ4v) is 2.96. The Morgan fingerprint density at radius 3 is 2.81 bits per heavy atom. The van der Waals surface area contributed by atoms with Gasteiger partial charge in [-0.2, -0.15) is 0 Å². The summed E-state index contributed by atoms with van der Waals surface area (Å²) in [6.45, 7) is 4.77. The normalized spacial score (nSPS) is 23.4. The summed E-state index contributed by atoms with van der Waals surface area (Å²) < 4.78 is 18.7. The average molecular weight is 289 g/mol. The van der Waals surface area contributed by atoms with Crippen LogP contribution >= 0.6 is 0 Å². The number of benzene rings is 1. The van der Waals surface area contributed by atoms with Gasteiger partial charge in [0.15, 0.2) is 5.76 Å². The van der Waals surface area contributed by atoms with Gasteiger partial charge in [-0.3, -0.25) is 4.90 Å². The SMILES string of the molecule is CC1CC(N)CN(Cc2ncc(-c3ccc(F)cc3)o2)C1. The third-order valence-electron chi connectivity index (χ3n) is 3.81. The van der Waals surface area contributed by atoms with Crippen molar-refractivity contribution in [1.82, 2.24) is 9.88 Å². The quantitative estimate of drug-likeness (QED) is 0.944. The van der Waals surface area contributed by atoms with Gasteiger partial charge in [-0.05, 0) is 36.6 Å². The molecule has 1 aromatic heterocycles. The molecule has 1 fully saturated rings. The van der Waals surface area contributed by atoms with E-state index in [0.717, 1.165) is 25.1 Å². The summed E-state index contributed by atoms with van der Waals surface area (Å²) in [5.41, 5.74) is 6.88. The number of piperidine rings is 1. The zero-order valence-electron chi connectivity index (χ0n) is 12.1. The van der Waals surface area contributed by atoms with Crippen molar-refractivity contribution in [2.45, 2.75) is 25.9 Å². The maximum absolute atomic E-state index is 12.9. The van der Waals surface area contributed by atoms with Crippen LogP contribution < -0.4 is 5.73 Å². The number of nitrogens with zero attached hydrogens (tertiary/aromatic N) is 2. The molecule has 0 amide bonds. The summed E-state index contributed by atoms with van der Waals surface area (Å²) in [5.74, 6) is 1.69. The van der Waals surface area contributed by atoms with Gasteiger partial charge < -0.3 is 10.2 Å². The van der Waals surface area contributed by atoms with Crippen LogP contribution in [0.25, 0.3) is 11.3 Å². The lowest BCUT2D eigenvalue weighted by Gasteiger charge is -2.33.